The molecule has 0 bridgehead atoms. The molecule has 0 N–H and O–H groups in total. The maximum atomic E-state index is 12.1. The Labute approximate surface area is 115 Å². The lowest BCUT2D eigenvalue weighted by Crippen LogP contribution is -2.13. The van der Waals surface area contributed by atoms with E-state index in [1.54, 1.807) is 0 Å². The minimum absolute atomic E-state index is 0.0874. The number of thioether (sulfide) groups is 1. The van der Waals surface area contributed by atoms with Gasteiger partial charge in [0.2, 0.25) is 0 Å². The summed E-state index contributed by atoms with van der Waals surface area (Å²) in [6.07, 6.45) is 0.0874. The summed E-state index contributed by atoms with van der Waals surface area (Å²) in [6, 6.07) is 5.88. The highest BCUT2D eigenvalue weighted by Crippen LogP contribution is 2.25. The quantitative estimate of drug-likeness (QED) is 0.437. The number of alkyl halides is 2. The van der Waals surface area contributed by atoms with Gasteiger partial charge in [-0.2, -0.15) is 8.78 Å². The third-order valence-corrected chi connectivity index (χ3v) is 2.81. The van der Waals surface area contributed by atoms with Gasteiger partial charge in [-0.25, -0.2) is 4.79 Å². The van der Waals surface area contributed by atoms with Gasteiger partial charge in [0, 0.05) is 4.90 Å². The van der Waals surface area contributed by atoms with Crippen LogP contribution >= 0.6 is 11.8 Å². The Morgan fingerprint density at radius 3 is 2.37 bits per heavy atom. The predicted octanol–water partition coefficient (Wildman–Crippen LogP) is 3.58. The molecule has 0 fully saturated rings. The molecule has 0 amide bonds. The first kappa shape index (κ1) is 15.9. The summed E-state index contributed by atoms with van der Waals surface area (Å²) in [5, 5.41) is 0. The fourth-order valence-corrected chi connectivity index (χ4v) is 1.77. The number of esters is 1. The molecule has 1 aromatic carbocycles. The van der Waals surface area contributed by atoms with Crippen molar-refractivity contribution in [3.05, 3.63) is 29.8 Å². The van der Waals surface area contributed by atoms with Crippen LogP contribution < -0.4 is 0 Å². The molecular weight excluding hydrogens is 274 g/mol. The number of carbonyl (C=O) groups excluding carboxylic acids is 1. The fourth-order valence-electron chi connectivity index (χ4n) is 1.27. The van der Waals surface area contributed by atoms with Crippen molar-refractivity contribution < 1.29 is 23.0 Å². The van der Waals surface area contributed by atoms with E-state index in [1.165, 1.54) is 24.3 Å². The van der Waals surface area contributed by atoms with Gasteiger partial charge in [0.1, 0.15) is 6.61 Å². The van der Waals surface area contributed by atoms with E-state index in [2.05, 4.69) is 0 Å². The Balaban J connectivity index is 2.40. The van der Waals surface area contributed by atoms with Crippen LogP contribution in [0.1, 0.15) is 24.2 Å². The monoisotopic (exact) mass is 290 g/mol. The van der Waals surface area contributed by atoms with Crippen molar-refractivity contribution in [1.29, 1.82) is 0 Å². The number of rotatable bonds is 7. The molecule has 106 valence electrons. The number of hydrogen-bond acceptors (Lipinski definition) is 4. The van der Waals surface area contributed by atoms with E-state index < -0.39 is 11.7 Å². The van der Waals surface area contributed by atoms with Crippen LogP contribution in [0.2, 0.25) is 0 Å². The first-order valence-corrected chi connectivity index (χ1v) is 6.70. The zero-order chi connectivity index (χ0) is 14.3. The molecule has 1 aromatic rings. The van der Waals surface area contributed by atoms with Gasteiger partial charge < -0.3 is 9.47 Å². The summed E-state index contributed by atoms with van der Waals surface area (Å²) in [5.41, 5.74) is 0.336. The second-order valence-electron chi connectivity index (χ2n) is 3.96. The topological polar surface area (TPSA) is 35.5 Å². The van der Waals surface area contributed by atoms with Crippen LogP contribution in [-0.2, 0) is 9.47 Å². The number of benzene rings is 1. The summed E-state index contributed by atoms with van der Waals surface area (Å²) in [4.78, 5) is 12.0. The highest BCUT2D eigenvalue weighted by molar-refractivity contribution is 7.99. The predicted molar refractivity (Wildman–Crippen MR) is 69.7 cm³/mol. The van der Waals surface area contributed by atoms with Crippen LogP contribution in [0.4, 0.5) is 8.78 Å². The minimum Gasteiger partial charge on any atom is -0.460 e. The van der Waals surface area contributed by atoms with Crippen molar-refractivity contribution in [1.82, 2.24) is 0 Å². The van der Waals surface area contributed by atoms with E-state index in [9.17, 15) is 13.6 Å². The average molecular weight is 290 g/mol. The van der Waals surface area contributed by atoms with Crippen molar-refractivity contribution in [3.8, 4) is 0 Å². The molecule has 0 aliphatic heterocycles. The summed E-state index contributed by atoms with van der Waals surface area (Å²) < 4.78 is 34.4. The molecule has 1 rings (SSSR count). The number of hydrogen-bond donors (Lipinski definition) is 0. The minimum atomic E-state index is -2.47. The Kier molecular flexibility index (Phi) is 6.80. The lowest BCUT2D eigenvalue weighted by molar-refractivity contribution is 0.0177. The summed E-state index contributed by atoms with van der Waals surface area (Å²) >= 11 is 0.438. The Morgan fingerprint density at radius 2 is 1.84 bits per heavy atom. The molecule has 0 unspecified atom stereocenters. The number of ether oxygens (including phenoxy) is 2. The molecule has 0 aromatic heterocycles. The van der Waals surface area contributed by atoms with Crippen molar-refractivity contribution in [3.63, 3.8) is 0 Å². The Morgan fingerprint density at radius 1 is 1.21 bits per heavy atom. The Hall–Kier alpha value is -1.14. The summed E-state index contributed by atoms with van der Waals surface area (Å²) in [5.74, 6) is -2.95. The van der Waals surface area contributed by atoms with E-state index in [0.717, 1.165) is 0 Å². The molecular formula is C13H16F2O3S. The van der Waals surface area contributed by atoms with Gasteiger partial charge in [-0.3, -0.25) is 0 Å². The van der Waals surface area contributed by atoms with Crippen LogP contribution in [0, 0.1) is 0 Å². The molecule has 0 radical (unpaired) electrons. The molecule has 0 saturated heterocycles. The van der Waals surface area contributed by atoms with E-state index in [4.69, 9.17) is 9.47 Å². The SMILES string of the molecule is CC(C)OCCOC(=O)c1ccc(SC(F)F)cc1. The van der Waals surface area contributed by atoms with Gasteiger partial charge in [-0.15, -0.1) is 0 Å². The van der Waals surface area contributed by atoms with Crippen LogP contribution in [0.5, 0.6) is 0 Å². The normalized spacial score (nSPS) is 11.1. The molecule has 19 heavy (non-hydrogen) atoms. The number of halogens is 2. The highest BCUT2D eigenvalue weighted by atomic mass is 32.2. The summed E-state index contributed by atoms with van der Waals surface area (Å²) in [6.45, 7) is 4.29. The van der Waals surface area contributed by atoms with Crippen molar-refractivity contribution in [2.24, 2.45) is 0 Å². The summed E-state index contributed by atoms with van der Waals surface area (Å²) in [7, 11) is 0. The smallest absolute Gasteiger partial charge is 0.338 e. The van der Waals surface area contributed by atoms with Crippen LogP contribution in [0.3, 0.4) is 0 Å². The molecule has 0 aliphatic carbocycles. The van der Waals surface area contributed by atoms with Gasteiger partial charge in [0.15, 0.2) is 0 Å². The maximum absolute atomic E-state index is 12.1. The molecule has 0 saturated carbocycles. The van der Waals surface area contributed by atoms with Crippen molar-refractivity contribution in [2.45, 2.75) is 30.6 Å². The van der Waals surface area contributed by atoms with Gasteiger partial charge >= 0.3 is 5.97 Å². The van der Waals surface area contributed by atoms with E-state index in [-0.39, 0.29) is 12.7 Å². The standard InChI is InChI=1S/C13H16F2O3S/c1-9(2)17-7-8-18-12(16)10-3-5-11(6-4-10)19-13(14)15/h3-6,9,13H,7-8H2,1-2H3. The second kappa shape index (κ2) is 8.12. The largest absolute Gasteiger partial charge is 0.460 e. The zero-order valence-corrected chi connectivity index (χ0v) is 11.6. The number of carbonyl (C=O) groups is 1. The van der Waals surface area contributed by atoms with E-state index in [1.807, 2.05) is 13.8 Å². The van der Waals surface area contributed by atoms with Crippen LogP contribution in [0.15, 0.2) is 29.2 Å². The van der Waals surface area contributed by atoms with Crippen LogP contribution in [-0.4, -0.2) is 31.0 Å². The molecule has 3 nitrogen and oxygen atoms in total. The third-order valence-electron chi connectivity index (χ3n) is 2.08. The fraction of sp³-hybridized carbons (Fsp3) is 0.462. The Bertz CT molecular complexity index is 393. The average Bonchev–Trinajstić information content (AvgIpc) is 2.34. The first-order chi connectivity index (χ1) is 8.99. The first-order valence-electron chi connectivity index (χ1n) is 5.82. The molecule has 0 aliphatic rings. The van der Waals surface area contributed by atoms with Gasteiger partial charge in [-0.1, -0.05) is 11.8 Å². The molecule has 0 spiro atoms. The zero-order valence-electron chi connectivity index (χ0n) is 10.8. The van der Waals surface area contributed by atoms with E-state index in [0.29, 0.717) is 28.8 Å². The third kappa shape index (κ3) is 6.54. The van der Waals surface area contributed by atoms with Gasteiger partial charge in [0.25, 0.3) is 5.76 Å². The molecule has 0 heterocycles. The van der Waals surface area contributed by atoms with Gasteiger partial charge in [-0.05, 0) is 38.1 Å². The van der Waals surface area contributed by atoms with Crippen molar-refractivity contribution >= 4 is 17.7 Å². The van der Waals surface area contributed by atoms with Crippen molar-refractivity contribution in [2.75, 3.05) is 13.2 Å². The molecule has 6 heteroatoms. The van der Waals surface area contributed by atoms with Crippen LogP contribution in [0.25, 0.3) is 0 Å². The van der Waals surface area contributed by atoms with Gasteiger partial charge in [0.05, 0.1) is 18.3 Å². The molecule has 0 atom stereocenters. The lowest BCUT2D eigenvalue weighted by atomic mass is 10.2. The van der Waals surface area contributed by atoms with E-state index >= 15 is 0 Å². The maximum Gasteiger partial charge on any atom is 0.338 e. The second-order valence-corrected chi connectivity index (χ2v) is 5.02. The highest BCUT2D eigenvalue weighted by Gasteiger charge is 2.09. The lowest BCUT2D eigenvalue weighted by Gasteiger charge is -2.08.